The van der Waals surface area contributed by atoms with Gasteiger partial charge < -0.3 is 15.4 Å². The van der Waals surface area contributed by atoms with Crippen LogP contribution in [0.25, 0.3) is 0 Å². The lowest BCUT2D eigenvalue weighted by molar-refractivity contribution is -0.150. The lowest BCUT2D eigenvalue weighted by Crippen LogP contribution is -2.45. The molecule has 0 aromatic carbocycles. The largest absolute Gasteiger partial charge is 0.481 e. The number of aromatic amines is 1. The molecule has 7 heteroatoms. The van der Waals surface area contributed by atoms with Gasteiger partial charge in [-0.3, -0.25) is 14.4 Å². The van der Waals surface area contributed by atoms with E-state index in [9.17, 15) is 19.5 Å². The topological polar surface area (TPSA) is 112 Å². The Hall–Kier alpha value is -2.18. The van der Waals surface area contributed by atoms with Crippen LogP contribution in [0.5, 0.6) is 0 Å². The third-order valence-corrected chi connectivity index (χ3v) is 4.89. The minimum absolute atomic E-state index is 0.0288. The first-order valence-corrected chi connectivity index (χ1v) is 8.70. The number of hydrogen-bond acceptors (Lipinski definition) is 4. The van der Waals surface area contributed by atoms with E-state index in [4.69, 9.17) is 0 Å². The second-order valence-electron chi connectivity index (χ2n) is 7.95. The van der Waals surface area contributed by atoms with Crippen LogP contribution in [0, 0.1) is 12.3 Å². The zero-order chi connectivity index (χ0) is 18.8. The number of amides is 1. The summed E-state index contributed by atoms with van der Waals surface area (Å²) in [6.45, 7) is 7.41. The molecule has 1 aliphatic carbocycles. The molecule has 1 heterocycles. The highest BCUT2D eigenvalue weighted by molar-refractivity contribution is 5.95. The molecule has 0 radical (unpaired) electrons. The quantitative estimate of drug-likeness (QED) is 0.771. The number of aromatic nitrogens is 2. The molecule has 0 spiro atoms. The Morgan fingerprint density at radius 2 is 1.84 bits per heavy atom. The summed E-state index contributed by atoms with van der Waals surface area (Å²) in [6.07, 6.45) is 3.77. The van der Waals surface area contributed by atoms with Crippen molar-refractivity contribution < 1.29 is 14.7 Å². The molecule has 138 valence electrons. The fourth-order valence-electron chi connectivity index (χ4n) is 3.24. The maximum absolute atomic E-state index is 12.5. The molecule has 1 saturated carbocycles. The molecule has 2 rings (SSSR count). The lowest BCUT2D eigenvalue weighted by atomic mass is 9.74. The van der Waals surface area contributed by atoms with Gasteiger partial charge in [-0.25, -0.2) is 4.98 Å². The van der Waals surface area contributed by atoms with Crippen LogP contribution >= 0.6 is 0 Å². The Balaban J connectivity index is 2.21. The zero-order valence-corrected chi connectivity index (χ0v) is 15.4. The van der Waals surface area contributed by atoms with E-state index in [-0.39, 0.29) is 17.5 Å². The summed E-state index contributed by atoms with van der Waals surface area (Å²) >= 11 is 0. The molecule has 0 atom stereocenters. The van der Waals surface area contributed by atoms with E-state index < -0.39 is 22.9 Å². The van der Waals surface area contributed by atoms with Crippen LogP contribution in [0.3, 0.4) is 0 Å². The first-order chi connectivity index (χ1) is 11.6. The van der Waals surface area contributed by atoms with Crippen molar-refractivity contribution in [2.24, 2.45) is 5.41 Å². The van der Waals surface area contributed by atoms with Gasteiger partial charge in [-0.1, -0.05) is 40.0 Å². The molecule has 1 aromatic heterocycles. The van der Waals surface area contributed by atoms with Gasteiger partial charge in [-0.15, -0.1) is 0 Å². The van der Waals surface area contributed by atoms with Gasteiger partial charge in [-0.2, -0.15) is 0 Å². The van der Waals surface area contributed by atoms with Gasteiger partial charge in [0.25, 0.3) is 11.5 Å². The predicted octanol–water partition coefficient (Wildman–Crippen LogP) is 2.14. The number of H-pyrrole nitrogens is 1. The molecule has 1 fully saturated rings. The van der Waals surface area contributed by atoms with Crippen molar-refractivity contribution in [3.05, 3.63) is 27.4 Å². The van der Waals surface area contributed by atoms with Crippen LogP contribution in [-0.4, -0.2) is 33.5 Å². The number of carboxylic acids is 1. The van der Waals surface area contributed by atoms with Crippen molar-refractivity contribution in [1.29, 1.82) is 0 Å². The maximum Gasteiger partial charge on any atom is 0.311 e. The fourth-order valence-corrected chi connectivity index (χ4v) is 3.24. The van der Waals surface area contributed by atoms with Crippen molar-refractivity contribution in [3.8, 4) is 0 Å². The molecule has 0 unspecified atom stereocenters. The third kappa shape index (κ3) is 4.08. The Morgan fingerprint density at radius 1 is 1.24 bits per heavy atom. The smallest absolute Gasteiger partial charge is 0.311 e. The molecule has 1 aliphatic rings. The van der Waals surface area contributed by atoms with Crippen LogP contribution in [0.2, 0.25) is 0 Å². The molecular weight excluding hydrogens is 322 g/mol. The van der Waals surface area contributed by atoms with Crippen LogP contribution < -0.4 is 10.9 Å². The summed E-state index contributed by atoms with van der Waals surface area (Å²) in [5, 5.41) is 12.2. The van der Waals surface area contributed by atoms with E-state index in [0.29, 0.717) is 24.4 Å². The number of aryl methyl sites for hydroxylation is 1. The van der Waals surface area contributed by atoms with Crippen LogP contribution in [0.4, 0.5) is 0 Å². The number of aliphatic carboxylic acids is 1. The van der Waals surface area contributed by atoms with E-state index in [1.165, 1.54) is 0 Å². The summed E-state index contributed by atoms with van der Waals surface area (Å²) in [7, 11) is 0. The van der Waals surface area contributed by atoms with Gasteiger partial charge in [0.2, 0.25) is 0 Å². The Kier molecular flexibility index (Phi) is 5.34. The van der Waals surface area contributed by atoms with Crippen molar-refractivity contribution in [1.82, 2.24) is 15.3 Å². The van der Waals surface area contributed by atoms with Gasteiger partial charge in [0.1, 0.15) is 11.4 Å². The van der Waals surface area contributed by atoms with Gasteiger partial charge in [0, 0.05) is 12.0 Å². The second kappa shape index (κ2) is 6.98. The molecule has 1 amide bonds. The number of nitrogens with zero attached hydrogens (tertiary/aromatic N) is 1. The molecule has 0 bridgehead atoms. The summed E-state index contributed by atoms with van der Waals surface area (Å²) < 4.78 is 0. The summed E-state index contributed by atoms with van der Waals surface area (Å²) in [5.41, 5.74) is -1.48. The van der Waals surface area contributed by atoms with Crippen LogP contribution in [0.1, 0.15) is 74.8 Å². The highest BCUT2D eigenvalue weighted by Gasteiger charge is 2.40. The summed E-state index contributed by atoms with van der Waals surface area (Å²) in [5.74, 6) is -0.946. The molecule has 1 aromatic rings. The van der Waals surface area contributed by atoms with E-state index in [0.717, 1.165) is 19.3 Å². The second-order valence-corrected chi connectivity index (χ2v) is 7.95. The fraction of sp³-hybridized carbons (Fsp3) is 0.667. The minimum Gasteiger partial charge on any atom is -0.481 e. The van der Waals surface area contributed by atoms with Gasteiger partial charge in [0.05, 0.1) is 11.1 Å². The lowest BCUT2D eigenvalue weighted by Gasteiger charge is -2.33. The molecular formula is C18H27N3O4. The molecule has 3 N–H and O–H groups in total. The number of hydrogen-bond donors (Lipinski definition) is 3. The SMILES string of the molecule is Cc1nc(C(C)(C)C)[nH]c(=O)c1C(=O)NCC1(C(=O)O)CCCCC1. The monoisotopic (exact) mass is 349 g/mol. The highest BCUT2D eigenvalue weighted by atomic mass is 16.4. The number of carbonyl (C=O) groups excluding carboxylic acids is 1. The average molecular weight is 349 g/mol. The molecule has 0 aliphatic heterocycles. The van der Waals surface area contributed by atoms with E-state index in [1.54, 1.807) is 6.92 Å². The number of nitrogens with one attached hydrogen (secondary N) is 2. The zero-order valence-electron chi connectivity index (χ0n) is 15.4. The van der Waals surface area contributed by atoms with E-state index >= 15 is 0 Å². The Morgan fingerprint density at radius 3 is 2.32 bits per heavy atom. The number of rotatable bonds is 4. The predicted molar refractivity (Wildman–Crippen MR) is 93.8 cm³/mol. The van der Waals surface area contributed by atoms with Gasteiger partial charge >= 0.3 is 5.97 Å². The van der Waals surface area contributed by atoms with Crippen molar-refractivity contribution in [2.45, 2.75) is 65.2 Å². The normalized spacial score (nSPS) is 17.1. The van der Waals surface area contributed by atoms with Crippen LogP contribution in [-0.2, 0) is 10.2 Å². The first kappa shape index (κ1) is 19.1. The van der Waals surface area contributed by atoms with Crippen molar-refractivity contribution in [3.63, 3.8) is 0 Å². The Labute approximate surface area is 147 Å². The first-order valence-electron chi connectivity index (χ1n) is 8.70. The van der Waals surface area contributed by atoms with Crippen LogP contribution in [0.15, 0.2) is 4.79 Å². The van der Waals surface area contributed by atoms with Crippen molar-refractivity contribution >= 4 is 11.9 Å². The number of carboxylic acid groups (broad SMARTS) is 1. The highest BCUT2D eigenvalue weighted by Crippen LogP contribution is 2.36. The Bertz CT molecular complexity index is 725. The molecule has 25 heavy (non-hydrogen) atoms. The molecule has 7 nitrogen and oxygen atoms in total. The van der Waals surface area contributed by atoms with E-state index in [1.807, 2.05) is 20.8 Å². The summed E-state index contributed by atoms with van der Waals surface area (Å²) in [4.78, 5) is 43.5. The maximum atomic E-state index is 12.5. The van der Waals surface area contributed by atoms with Gasteiger partial charge in [-0.05, 0) is 19.8 Å². The molecule has 0 saturated heterocycles. The summed E-state index contributed by atoms with van der Waals surface area (Å²) in [6, 6.07) is 0. The standard InChI is InChI=1S/C18H27N3O4/c1-11-12(14(23)21-15(20-11)17(2,3)4)13(22)19-10-18(16(24)25)8-6-5-7-9-18/h5-10H2,1-4H3,(H,19,22)(H,24,25)(H,20,21,23). The van der Waals surface area contributed by atoms with Gasteiger partial charge in [0.15, 0.2) is 0 Å². The van der Waals surface area contributed by atoms with Crippen molar-refractivity contribution in [2.75, 3.05) is 6.54 Å². The number of carbonyl (C=O) groups is 2. The van der Waals surface area contributed by atoms with E-state index in [2.05, 4.69) is 15.3 Å². The minimum atomic E-state index is -0.937. The third-order valence-electron chi connectivity index (χ3n) is 4.89. The average Bonchev–Trinajstić information content (AvgIpc) is 2.52.